The minimum absolute atomic E-state index is 0.00595. The highest BCUT2D eigenvalue weighted by molar-refractivity contribution is 7.09. The van der Waals surface area contributed by atoms with Gasteiger partial charge in [0, 0.05) is 12.0 Å². The molecule has 0 amide bonds. The molecule has 0 aliphatic rings. The van der Waals surface area contributed by atoms with Gasteiger partial charge < -0.3 is 4.74 Å². The number of benzene rings is 1. The maximum atomic E-state index is 14.1. The predicted molar refractivity (Wildman–Crippen MR) is 81.1 cm³/mol. The number of rotatable bonds is 4. The van der Waals surface area contributed by atoms with Crippen molar-refractivity contribution >= 4 is 22.9 Å². The van der Waals surface area contributed by atoms with Crippen molar-refractivity contribution < 1.29 is 9.13 Å². The second-order valence-electron chi connectivity index (χ2n) is 4.50. The summed E-state index contributed by atoms with van der Waals surface area (Å²) in [4.78, 5) is 11.6. The highest BCUT2D eigenvalue weighted by Crippen LogP contribution is 2.29. The van der Waals surface area contributed by atoms with Crippen LogP contribution in [0.15, 0.2) is 16.9 Å². The summed E-state index contributed by atoms with van der Waals surface area (Å²) >= 11 is 6.86. The van der Waals surface area contributed by atoms with Gasteiger partial charge in [0.25, 0.3) is 0 Å². The smallest absolute Gasteiger partial charge is 0.329 e. The van der Waals surface area contributed by atoms with Crippen molar-refractivity contribution in [3.63, 3.8) is 0 Å². The molecule has 0 bridgehead atoms. The van der Waals surface area contributed by atoms with Crippen LogP contribution in [0, 0.1) is 18.2 Å². The van der Waals surface area contributed by atoms with Gasteiger partial charge in [0.1, 0.15) is 23.1 Å². The summed E-state index contributed by atoms with van der Waals surface area (Å²) in [7, 11) is 0. The number of ether oxygens (including phenoxy) is 1. The lowest BCUT2D eigenvalue weighted by atomic mass is 10.2. The molecule has 0 fully saturated rings. The van der Waals surface area contributed by atoms with Crippen molar-refractivity contribution in [1.82, 2.24) is 9.78 Å². The van der Waals surface area contributed by atoms with Gasteiger partial charge in [0.15, 0.2) is 5.82 Å². The fourth-order valence-corrected chi connectivity index (χ4v) is 2.56. The summed E-state index contributed by atoms with van der Waals surface area (Å²) in [6.07, 6.45) is 5.11. The highest BCUT2D eigenvalue weighted by Gasteiger charge is 2.17. The summed E-state index contributed by atoms with van der Waals surface area (Å²) in [5.41, 5.74) is -0.0143. The summed E-state index contributed by atoms with van der Waals surface area (Å²) < 4.78 is 20.3. The first-order chi connectivity index (χ1) is 9.93. The minimum atomic E-state index is -0.657. The van der Waals surface area contributed by atoms with Gasteiger partial charge in [-0.3, -0.25) is 4.79 Å². The van der Waals surface area contributed by atoms with E-state index >= 15 is 0 Å². The van der Waals surface area contributed by atoms with Crippen molar-refractivity contribution in [1.29, 1.82) is 0 Å². The third kappa shape index (κ3) is 3.26. The molecule has 2 aromatic rings. The Morgan fingerprint density at radius 1 is 1.57 bits per heavy atom. The Kier molecular flexibility index (Phi) is 4.66. The molecule has 0 unspecified atom stereocenters. The van der Waals surface area contributed by atoms with Gasteiger partial charge >= 0.3 is 4.87 Å². The predicted octanol–water partition coefficient (Wildman–Crippen LogP) is 3.22. The first kappa shape index (κ1) is 15.5. The average Bonchev–Trinajstić information content (AvgIpc) is 2.80. The lowest BCUT2D eigenvalue weighted by molar-refractivity contribution is 0.369. The van der Waals surface area contributed by atoms with E-state index in [4.69, 9.17) is 22.8 Å². The topological polar surface area (TPSA) is 44.1 Å². The van der Waals surface area contributed by atoms with E-state index in [0.29, 0.717) is 5.01 Å². The summed E-state index contributed by atoms with van der Waals surface area (Å²) in [6, 6.07) is 2.39. The van der Waals surface area contributed by atoms with E-state index in [1.807, 2.05) is 13.8 Å². The molecule has 0 saturated heterocycles. The number of aromatic nitrogens is 2. The Morgan fingerprint density at radius 3 is 2.86 bits per heavy atom. The van der Waals surface area contributed by atoms with Crippen LogP contribution in [0.4, 0.5) is 4.39 Å². The van der Waals surface area contributed by atoms with E-state index in [9.17, 15) is 9.18 Å². The Hall–Kier alpha value is -1.84. The van der Waals surface area contributed by atoms with Gasteiger partial charge in [0.05, 0.1) is 5.02 Å². The van der Waals surface area contributed by atoms with Crippen LogP contribution >= 0.6 is 22.9 Å². The van der Waals surface area contributed by atoms with E-state index < -0.39 is 5.82 Å². The molecule has 2 rings (SSSR count). The highest BCUT2D eigenvalue weighted by atomic mass is 35.5. The van der Waals surface area contributed by atoms with E-state index in [1.54, 1.807) is 0 Å². The summed E-state index contributed by atoms with van der Waals surface area (Å²) in [5.74, 6) is 1.92. The molecule has 0 aliphatic heterocycles. The molecule has 0 spiro atoms. The Balaban J connectivity index is 2.53. The molecule has 1 heterocycles. The molecule has 0 atom stereocenters. The second kappa shape index (κ2) is 6.29. The van der Waals surface area contributed by atoms with Gasteiger partial charge in [-0.25, -0.2) is 4.39 Å². The van der Waals surface area contributed by atoms with Gasteiger partial charge in [-0.05, 0) is 6.07 Å². The van der Waals surface area contributed by atoms with Crippen molar-refractivity contribution in [2.45, 2.75) is 19.8 Å². The van der Waals surface area contributed by atoms with Crippen molar-refractivity contribution in [3.05, 3.63) is 37.6 Å². The SMILES string of the molecule is C#CCOc1cc(-n2nc(C(C)C)sc2=O)c(F)cc1Cl. The number of hydrogen-bond donors (Lipinski definition) is 0. The van der Waals surface area contributed by atoms with Crippen LogP contribution in [-0.2, 0) is 0 Å². The number of terminal acetylenes is 1. The summed E-state index contributed by atoms with van der Waals surface area (Å²) in [5, 5.41) is 4.84. The standard InChI is InChI=1S/C14H12ClFN2O2S/c1-4-5-20-12-7-11(10(16)6-9(12)15)18-14(19)21-13(17-18)8(2)3/h1,6-8H,5H2,2-3H3. The van der Waals surface area contributed by atoms with Crippen LogP contribution in [0.5, 0.6) is 5.75 Å². The molecule has 0 aliphatic carbocycles. The Labute approximate surface area is 130 Å². The third-order valence-corrected chi connectivity index (χ3v) is 4.00. The monoisotopic (exact) mass is 326 g/mol. The maximum absolute atomic E-state index is 14.1. The van der Waals surface area contributed by atoms with Crippen LogP contribution in [0.25, 0.3) is 5.69 Å². The van der Waals surface area contributed by atoms with E-state index in [1.165, 1.54) is 6.07 Å². The first-order valence-corrected chi connectivity index (χ1v) is 7.29. The summed E-state index contributed by atoms with van der Waals surface area (Å²) in [6.45, 7) is 3.80. The van der Waals surface area contributed by atoms with Crippen molar-refractivity contribution in [3.8, 4) is 23.8 Å². The fraction of sp³-hybridized carbons (Fsp3) is 0.286. The second-order valence-corrected chi connectivity index (χ2v) is 5.88. The zero-order chi connectivity index (χ0) is 15.6. The quantitative estimate of drug-likeness (QED) is 0.810. The first-order valence-electron chi connectivity index (χ1n) is 6.09. The third-order valence-electron chi connectivity index (χ3n) is 2.60. The van der Waals surface area contributed by atoms with Gasteiger partial charge in [-0.15, -0.1) is 6.42 Å². The van der Waals surface area contributed by atoms with E-state index in [-0.39, 0.29) is 33.9 Å². The van der Waals surface area contributed by atoms with Crippen LogP contribution in [0.3, 0.4) is 0 Å². The van der Waals surface area contributed by atoms with Crippen molar-refractivity contribution in [2.24, 2.45) is 0 Å². The molecule has 1 aromatic heterocycles. The molecular weight excluding hydrogens is 315 g/mol. The Bertz CT molecular complexity index is 761. The molecule has 4 nitrogen and oxygen atoms in total. The molecule has 1 aromatic carbocycles. The zero-order valence-electron chi connectivity index (χ0n) is 11.4. The van der Waals surface area contributed by atoms with E-state index in [0.717, 1.165) is 22.1 Å². The normalized spacial score (nSPS) is 10.7. The van der Waals surface area contributed by atoms with Gasteiger partial charge in [0.2, 0.25) is 0 Å². The lowest BCUT2D eigenvalue weighted by Crippen LogP contribution is -2.14. The molecular formula is C14H12ClFN2O2S. The molecule has 110 valence electrons. The van der Waals surface area contributed by atoms with Crippen LogP contribution < -0.4 is 9.61 Å². The van der Waals surface area contributed by atoms with Crippen LogP contribution in [0.1, 0.15) is 24.8 Å². The number of nitrogens with zero attached hydrogens (tertiary/aromatic N) is 2. The van der Waals surface area contributed by atoms with Gasteiger partial charge in [-0.2, -0.15) is 9.78 Å². The fourth-order valence-electron chi connectivity index (χ4n) is 1.59. The largest absolute Gasteiger partial charge is 0.479 e. The Morgan fingerprint density at radius 2 is 2.29 bits per heavy atom. The number of halogens is 2. The van der Waals surface area contributed by atoms with Crippen LogP contribution in [-0.4, -0.2) is 16.4 Å². The molecule has 0 N–H and O–H groups in total. The average molecular weight is 327 g/mol. The number of hydrogen-bond acceptors (Lipinski definition) is 4. The van der Waals surface area contributed by atoms with Gasteiger partial charge in [-0.1, -0.05) is 42.7 Å². The van der Waals surface area contributed by atoms with Crippen LogP contribution in [0.2, 0.25) is 5.02 Å². The molecule has 0 radical (unpaired) electrons. The molecule has 0 saturated carbocycles. The van der Waals surface area contributed by atoms with E-state index in [2.05, 4.69) is 11.0 Å². The zero-order valence-corrected chi connectivity index (χ0v) is 13.0. The lowest BCUT2D eigenvalue weighted by Gasteiger charge is -2.08. The molecule has 7 heteroatoms. The maximum Gasteiger partial charge on any atom is 0.329 e. The van der Waals surface area contributed by atoms with Crippen molar-refractivity contribution in [2.75, 3.05) is 6.61 Å². The minimum Gasteiger partial charge on any atom is -0.479 e. The molecule has 21 heavy (non-hydrogen) atoms.